The van der Waals surface area contributed by atoms with Gasteiger partial charge in [-0.15, -0.1) is 11.3 Å². The lowest BCUT2D eigenvalue weighted by atomic mass is 10.3. The van der Waals surface area contributed by atoms with Crippen LogP contribution in [-0.4, -0.2) is 47.8 Å². The summed E-state index contributed by atoms with van der Waals surface area (Å²) in [6.45, 7) is 7.33. The van der Waals surface area contributed by atoms with E-state index in [0.29, 0.717) is 13.1 Å². The summed E-state index contributed by atoms with van der Waals surface area (Å²) in [5.41, 5.74) is 2.97. The molecule has 2 N–H and O–H groups in total. The van der Waals surface area contributed by atoms with Crippen molar-refractivity contribution >= 4 is 11.3 Å². The van der Waals surface area contributed by atoms with E-state index >= 15 is 0 Å². The molecule has 1 atom stereocenters. The van der Waals surface area contributed by atoms with Crippen LogP contribution in [0.3, 0.4) is 0 Å². The van der Waals surface area contributed by atoms with E-state index in [0.717, 1.165) is 25.2 Å². The maximum Gasteiger partial charge on any atom is 0.0798 e. The molecule has 0 bridgehead atoms. The Morgan fingerprint density at radius 3 is 2.94 bits per heavy atom. The minimum absolute atomic E-state index is 0.306. The molecule has 0 aliphatic rings. The van der Waals surface area contributed by atoms with Gasteiger partial charge in [-0.05, 0) is 26.9 Å². The number of aryl methyl sites for hydroxylation is 1. The number of aliphatic hydroxyl groups is 1. The Bertz CT molecular complexity index is 316. The topological polar surface area (TPSA) is 48.4 Å². The summed E-state index contributed by atoms with van der Waals surface area (Å²) >= 11 is 1.68. The van der Waals surface area contributed by atoms with Crippen molar-refractivity contribution in [3.05, 3.63) is 16.1 Å². The van der Waals surface area contributed by atoms with Gasteiger partial charge < -0.3 is 10.4 Å². The summed E-state index contributed by atoms with van der Waals surface area (Å²) < 4.78 is 0. The quantitative estimate of drug-likeness (QED) is 0.688. The van der Waals surface area contributed by atoms with Crippen LogP contribution in [0.2, 0.25) is 0 Å². The van der Waals surface area contributed by atoms with Crippen molar-refractivity contribution in [3.8, 4) is 0 Å². The molecule has 0 radical (unpaired) electrons. The average molecular weight is 257 g/mol. The minimum atomic E-state index is -0.306. The molecule has 1 unspecified atom stereocenters. The zero-order valence-corrected chi connectivity index (χ0v) is 11.8. The average Bonchev–Trinajstić information content (AvgIpc) is 2.64. The number of hydrogen-bond acceptors (Lipinski definition) is 5. The summed E-state index contributed by atoms with van der Waals surface area (Å²) in [5, 5.41) is 13.1. The lowest BCUT2D eigenvalue weighted by molar-refractivity contribution is 0.122. The fourth-order valence-electron chi connectivity index (χ4n) is 1.66. The molecule has 4 nitrogen and oxygen atoms in total. The molecule has 17 heavy (non-hydrogen) atoms. The van der Waals surface area contributed by atoms with Crippen molar-refractivity contribution in [2.24, 2.45) is 0 Å². The molecule has 0 saturated carbocycles. The number of nitrogens with zero attached hydrogens (tertiary/aromatic N) is 2. The van der Waals surface area contributed by atoms with Gasteiger partial charge in [-0.1, -0.05) is 6.92 Å². The second-order valence-corrected chi connectivity index (χ2v) is 5.35. The molecule has 0 spiro atoms. The second-order valence-electron chi connectivity index (χ2n) is 4.42. The van der Waals surface area contributed by atoms with E-state index in [1.54, 1.807) is 11.3 Å². The van der Waals surface area contributed by atoms with Crippen LogP contribution >= 0.6 is 11.3 Å². The van der Waals surface area contributed by atoms with Crippen LogP contribution in [-0.2, 0) is 6.54 Å². The first-order valence-electron chi connectivity index (χ1n) is 6.09. The minimum Gasteiger partial charge on any atom is -0.390 e. The van der Waals surface area contributed by atoms with E-state index in [1.807, 2.05) is 19.5 Å². The van der Waals surface area contributed by atoms with Crippen LogP contribution in [0.4, 0.5) is 0 Å². The van der Waals surface area contributed by atoms with Crippen molar-refractivity contribution in [3.63, 3.8) is 0 Å². The number of aromatic nitrogens is 1. The monoisotopic (exact) mass is 257 g/mol. The number of likely N-dealkylation sites (N-methyl/N-ethyl adjacent to an activating group) is 1. The maximum atomic E-state index is 9.83. The zero-order valence-electron chi connectivity index (χ0n) is 10.9. The normalized spacial score (nSPS) is 13.2. The molecule has 0 saturated heterocycles. The number of aliphatic hydroxyl groups excluding tert-OH is 1. The van der Waals surface area contributed by atoms with Gasteiger partial charge in [0.1, 0.15) is 0 Å². The van der Waals surface area contributed by atoms with Crippen molar-refractivity contribution in [1.29, 1.82) is 0 Å². The first-order chi connectivity index (χ1) is 8.13. The third-order valence-corrected chi connectivity index (χ3v) is 3.51. The SMILES string of the molecule is CCCNCC(O)CN(C)Cc1scnc1C. The molecular formula is C12H23N3OS. The Morgan fingerprint density at radius 1 is 1.59 bits per heavy atom. The number of thiazole rings is 1. The Labute approximate surface area is 108 Å². The maximum absolute atomic E-state index is 9.83. The second kappa shape index (κ2) is 7.76. The molecule has 98 valence electrons. The van der Waals surface area contributed by atoms with Gasteiger partial charge in [0.25, 0.3) is 0 Å². The van der Waals surface area contributed by atoms with Gasteiger partial charge in [0.05, 0.1) is 17.3 Å². The molecule has 1 aromatic heterocycles. The molecule has 5 heteroatoms. The van der Waals surface area contributed by atoms with E-state index in [4.69, 9.17) is 0 Å². The fourth-order valence-corrected chi connectivity index (χ4v) is 2.51. The van der Waals surface area contributed by atoms with Gasteiger partial charge in [0.2, 0.25) is 0 Å². The molecule has 0 aliphatic heterocycles. The number of rotatable bonds is 8. The third kappa shape index (κ3) is 5.59. The summed E-state index contributed by atoms with van der Waals surface area (Å²) in [5.74, 6) is 0. The van der Waals surface area contributed by atoms with E-state index in [9.17, 15) is 5.11 Å². The first kappa shape index (κ1) is 14.6. The third-order valence-electron chi connectivity index (χ3n) is 2.59. The molecule has 1 aromatic rings. The van der Waals surface area contributed by atoms with Gasteiger partial charge in [0.15, 0.2) is 0 Å². The predicted octanol–water partition coefficient (Wildman–Crippen LogP) is 1.24. The highest BCUT2D eigenvalue weighted by atomic mass is 32.1. The highest BCUT2D eigenvalue weighted by Crippen LogP contribution is 2.14. The Kier molecular flexibility index (Phi) is 6.65. The van der Waals surface area contributed by atoms with Crippen LogP contribution in [0, 0.1) is 6.92 Å². The molecular weight excluding hydrogens is 234 g/mol. The predicted molar refractivity (Wildman–Crippen MR) is 72.4 cm³/mol. The van der Waals surface area contributed by atoms with Crippen LogP contribution in [0.1, 0.15) is 23.9 Å². The fraction of sp³-hybridized carbons (Fsp3) is 0.750. The van der Waals surface area contributed by atoms with Crippen molar-refractivity contribution in [2.45, 2.75) is 32.9 Å². The highest BCUT2D eigenvalue weighted by molar-refractivity contribution is 7.09. The van der Waals surface area contributed by atoms with Gasteiger partial charge in [-0.3, -0.25) is 4.90 Å². The van der Waals surface area contributed by atoms with E-state index in [1.165, 1.54) is 4.88 Å². The van der Waals surface area contributed by atoms with E-state index in [-0.39, 0.29) is 6.10 Å². The lowest BCUT2D eigenvalue weighted by Gasteiger charge is -2.20. The summed E-state index contributed by atoms with van der Waals surface area (Å²) in [6.07, 6.45) is 0.794. The number of hydrogen-bond donors (Lipinski definition) is 2. The molecule has 0 amide bonds. The molecule has 0 fully saturated rings. The number of nitrogens with one attached hydrogen (secondary N) is 1. The lowest BCUT2D eigenvalue weighted by Crippen LogP contribution is -2.36. The molecule has 0 aliphatic carbocycles. The van der Waals surface area contributed by atoms with Crippen molar-refractivity contribution < 1.29 is 5.11 Å². The molecule has 1 rings (SSSR count). The Morgan fingerprint density at radius 2 is 2.35 bits per heavy atom. The van der Waals surface area contributed by atoms with Crippen LogP contribution in [0.15, 0.2) is 5.51 Å². The highest BCUT2D eigenvalue weighted by Gasteiger charge is 2.10. The van der Waals surface area contributed by atoms with Gasteiger partial charge in [-0.2, -0.15) is 0 Å². The molecule has 1 heterocycles. The smallest absolute Gasteiger partial charge is 0.0798 e. The zero-order chi connectivity index (χ0) is 12.7. The van der Waals surface area contributed by atoms with Crippen LogP contribution < -0.4 is 5.32 Å². The van der Waals surface area contributed by atoms with E-state index in [2.05, 4.69) is 22.1 Å². The van der Waals surface area contributed by atoms with Gasteiger partial charge in [0, 0.05) is 24.5 Å². The Hall–Kier alpha value is -0.490. The van der Waals surface area contributed by atoms with Gasteiger partial charge in [-0.25, -0.2) is 4.98 Å². The molecule has 0 aromatic carbocycles. The summed E-state index contributed by atoms with van der Waals surface area (Å²) in [6, 6.07) is 0. The van der Waals surface area contributed by atoms with Crippen molar-refractivity contribution in [1.82, 2.24) is 15.2 Å². The van der Waals surface area contributed by atoms with Crippen LogP contribution in [0.25, 0.3) is 0 Å². The summed E-state index contributed by atoms with van der Waals surface area (Å²) in [7, 11) is 2.03. The Balaban J connectivity index is 2.24. The first-order valence-corrected chi connectivity index (χ1v) is 6.97. The van der Waals surface area contributed by atoms with Crippen molar-refractivity contribution in [2.75, 3.05) is 26.7 Å². The summed E-state index contributed by atoms with van der Waals surface area (Å²) in [4.78, 5) is 7.64. The largest absolute Gasteiger partial charge is 0.390 e. The van der Waals surface area contributed by atoms with Crippen LogP contribution in [0.5, 0.6) is 0 Å². The van der Waals surface area contributed by atoms with E-state index < -0.39 is 0 Å². The standard InChI is InChI=1S/C12H23N3OS/c1-4-5-13-6-11(16)7-15(3)8-12-10(2)14-9-17-12/h9,11,13,16H,4-8H2,1-3H3. The van der Waals surface area contributed by atoms with Gasteiger partial charge >= 0.3 is 0 Å².